The van der Waals surface area contributed by atoms with E-state index in [2.05, 4.69) is 66.4 Å². The molecule has 6 rings (SSSR count). The molecule has 0 aromatic heterocycles. The lowest BCUT2D eigenvalue weighted by molar-refractivity contribution is -0.108. The first kappa shape index (κ1) is 21.5. The Balaban J connectivity index is 1.61. The molecular weight excluding hydrogens is 430 g/mol. The molecule has 0 fully saturated rings. The lowest BCUT2D eigenvalue weighted by atomic mass is 9.65. The highest BCUT2D eigenvalue weighted by molar-refractivity contribution is 6.07. The molecule has 0 aliphatic carbocycles. The molecule has 3 unspecified atom stereocenters. The van der Waals surface area contributed by atoms with Crippen molar-refractivity contribution in [2.45, 2.75) is 23.8 Å². The van der Waals surface area contributed by atoms with Crippen LogP contribution in [0.2, 0.25) is 0 Å². The molecule has 0 saturated carbocycles. The Morgan fingerprint density at radius 1 is 0.857 bits per heavy atom. The van der Waals surface area contributed by atoms with Gasteiger partial charge in [-0.2, -0.15) is 0 Å². The summed E-state index contributed by atoms with van der Waals surface area (Å²) in [7, 11) is 0. The number of rotatable bonds is 5. The molecule has 2 aliphatic heterocycles. The Kier molecular flexibility index (Phi) is 5.14. The third kappa shape index (κ3) is 3.19. The van der Waals surface area contributed by atoms with E-state index in [1.165, 1.54) is 11.1 Å². The number of aldehydes is 1. The molecule has 0 saturated heterocycles. The Morgan fingerprint density at radius 2 is 1.51 bits per heavy atom. The second-order valence-electron chi connectivity index (χ2n) is 9.55. The summed E-state index contributed by atoms with van der Waals surface area (Å²) < 4.78 is 0. The number of Topliss-reactive ketones (excluding diaryl/α,β-unsaturated/α-hetero) is 1. The number of carbonyl (C=O) groups excluding carboxylic acids is 2. The van der Waals surface area contributed by atoms with E-state index >= 15 is 0 Å². The van der Waals surface area contributed by atoms with Crippen molar-refractivity contribution in [1.29, 1.82) is 0 Å². The molecule has 0 amide bonds. The second-order valence-corrected chi connectivity index (χ2v) is 9.55. The van der Waals surface area contributed by atoms with Crippen LogP contribution in [0.3, 0.4) is 0 Å². The molecule has 0 spiro atoms. The topological polar surface area (TPSA) is 37.4 Å². The quantitative estimate of drug-likeness (QED) is 0.262. The zero-order valence-corrected chi connectivity index (χ0v) is 19.4. The van der Waals surface area contributed by atoms with Crippen molar-refractivity contribution in [3.8, 4) is 0 Å². The van der Waals surface area contributed by atoms with Crippen molar-refractivity contribution in [2.75, 3.05) is 11.4 Å². The van der Waals surface area contributed by atoms with Gasteiger partial charge in [-0.15, -0.1) is 0 Å². The third-order valence-corrected chi connectivity index (χ3v) is 7.76. The first-order chi connectivity index (χ1) is 17.2. The third-order valence-electron chi connectivity index (χ3n) is 7.76. The summed E-state index contributed by atoms with van der Waals surface area (Å²) in [5.41, 5.74) is 5.98. The standard InChI is InChI=1S/C32H26NO2/c1-22-11-5-6-14-24(22)31(35)32(19-20-34)21-33-28-18-10-8-16-26(28)29(23-12-3-2-4-13-23)30(33)25-15-7-9-17-27(25)32/h2-18,20,29-30H,1,19,21H2. The van der Waals surface area contributed by atoms with Gasteiger partial charge in [0.1, 0.15) is 6.29 Å². The number of carbonyl (C=O) groups is 2. The van der Waals surface area contributed by atoms with Crippen LogP contribution in [-0.2, 0) is 10.2 Å². The van der Waals surface area contributed by atoms with Crippen molar-refractivity contribution in [2.24, 2.45) is 0 Å². The van der Waals surface area contributed by atoms with Gasteiger partial charge >= 0.3 is 0 Å². The summed E-state index contributed by atoms with van der Waals surface area (Å²) in [4.78, 5) is 28.8. The first-order valence-electron chi connectivity index (χ1n) is 12.0. The molecule has 171 valence electrons. The molecule has 3 atom stereocenters. The van der Waals surface area contributed by atoms with Gasteiger partial charge < -0.3 is 9.69 Å². The number of anilines is 1. The van der Waals surface area contributed by atoms with Gasteiger partial charge in [-0.3, -0.25) is 4.79 Å². The van der Waals surface area contributed by atoms with Crippen LogP contribution in [-0.4, -0.2) is 18.6 Å². The van der Waals surface area contributed by atoms with E-state index < -0.39 is 5.41 Å². The van der Waals surface area contributed by atoms with Crippen LogP contribution in [0.25, 0.3) is 0 Å². The van der Waals surface area contributed by atoms with Gasteiger partial charge in [0.05, 0.1) is 11.5 Å². The van der Waals surface area contributed by atoms with Gasteiger partial charge in [-0.1, -0.05) is 97.1 Å². The fourth-order valence-electron chi connectivity index (χ4n) is 6.24. The van der Waals surface area contributed by atoms with E-state index in [9.17, 15) is 9.59 Å². The zero-order valence-electron chi connectivity index (χ0n) is 19.4. The molecule has 2 aliphatic rings. The van der Waals surface area contributed by atoms with Gasteiger partial charge in [0, 0.05) is 30.1 Å². The average Bonchev–Trinajstić information content (AvgIpc) is 3.23. The van der Waals surface area contributed by atoms with Gasteiger partial charge in [-0.25, -0.2) is 0 Å². The SMILES string of the molecule is [CH2]c1ccccc1C(=O)C1(CC=O)CN2c3ccccc3C(c3ccccc3)C2c2ccccc21. The van der Waals surface area contributed by atoms with E-state index in [0.717, 1.165) is 23.1 Å². The molecule has 2 heterocycles. The lowest BCUT2D eigenvalue weighted by Gasteiger charge is -2.47. The average molecular weight is 457 g/mol. The Morgan fingerprint density at radius 3 is 2.29 bits per heavy atom. The van der Waals surface area contributed by atoms with E-state index in [1.807, 2.05) is 48.5 Å². The summed E-state index contributed by atoms with van der Waals surface area (Å²) in [5, 5.41) is 0. The molecule has 3 nitrogen and oxygen atoms in total. The molecule has 4 aromatic rings. The predicted octanol–water partition coefficient (Wildman–Crippen LogP) is 6.29. The van der Waals surface area contributed by atoms with Crippen LogP contribution >= 0.6 is 0 Å². The Bertz CT molecular complexity index is 1430. The maximum absolute atomic E-state index is 14.3. The lowest BCUT2D eigenvalue weighted by Crippen LogP contribution is -2.52. The smallest absolute Gasteiger partial charge is 0.175 e. The number of benzene rings is 4. The number of hydrogen-bond donors (Lipinski definition) is 0. The maximum atomic E-state index is 14.3. The highest BCUT2D eigenvalue weighted by Crippen LogP contribution is 2.57. The summed E-state index contributed by atoms with van der Waals surface area (Å²) in [6.45, 7) is 4.56. The minimum absolute atomic E-state index is 0.0401. The second kappa shape index (κ2) is 8.35. The number of para-hydroxylation sites is 1. The highest BCUT2D eigenvalue weighted by atomic mass is 16.1. The van der Waals surface area contributed by atoms with E-state index in [4.69, 9.17) is 0 Å². The van der Waals surface area contributed by atoms with Crippen LogP contribution in [0, 0.1) is 6.92 Å². The Hall–Kier alpha value is -3.98. The van der Waals surface area contributed by atoms with Crippen molar-refractivity contribution in [1.82, 2.24) is 0 Å². The molecule has 0 bridgehead atoms. The normalized spacial score (nSPS) is 22.1. The van der Waals surface area contributed by atoms with Crippen LogP contribution in [0.15, 0.2) is 103 Å². The summed E-state index contributed by atoms with van der Waals surface area (Å²) in [6.07, 6.45) is 1.02. The molecule has 1 radical (unpaired) electrons. The molecule has 35 heavy (non-hydrogen) atoms. The van der Waals surface area contributed by atoms with Gasteiger partial charge in [0.15, 0.2) is 5.78 Å². The number of nitrogens with zero attached hydrogens (tertiary/aromatic N) is 1. The summed E-state index contributed by atoms with van der Waals surface area (Å²) >= 11 is 0. The molecular formula is C32H26NO2. The van der Waals surface area contributed by atoms with Crippen LogP contribution in [0.4, 0.5) is 5.69 Å². The molecule has 4 aromatic carbocycles. The highest BCUT2D eigenvalue weighted by Gasteiger charge is 2.53. The van der Waals surface area contributed by atoms with Crippen LogP contribution < -0.4 is 4.90 Å². The summed E-state index contributed by atoms with van der Waals surface area (Å²) in [5.74, 6) is 0.0970. The first-order valence-corrected chi connectivity index (χ1v) is 12.0. The van der Waals surface area contributed by atoms with Crippen LogP contribution in [0.1, 0.15) is 56.6 Å². The zero-order chi connectivity index (χ0) is 24.0. The minimum atomic E-state index is -0.985. The van der Waals surface area contributed by atoms with Crippen molar-refractivity contribution >= 4 is 17.8 Å². The Labute approximate surface area is 206 Å². The monoisotopic (exact) mass is 456 g/mol. The van der Waals surface area contributed by atoms with E-state index in [1.54, 1.807) is 0 Å². The predicted molar refractivity (Wildman–Crippen MR) is 139 cm³/mol. The maximum Gasteiger partial charge on any atom is 0.175 e. The fraction of sp³-hybridized carbons (Fsp3) is 0.156. The number of ketones is 1. The van der Waals surface area contributed by atoms with Crippen molar-refractivity contribution in [3.63, 3.8) is 0 Å². The molecule has 3 heteroatoms. The fourth-order valence-corrected chi connectivity index (χ4v) is 6.24. The number of hydrogen-bond acceptors (Lipinski definition) is 3. The van der Waals surface area contributed by atoms with E-state index in [-0.39, 0.29) is 24.2 Å². The largest absolute Gasteiger partial charge is 0.362 e. The number of fused-ring (bicyclic) bond motifs is 5. The summed E-state index contributed by atoms with van der Waals surface area (Å²) in [6, 6.07) is 34.8. The van der Waals surface area contributed by atoms with Crippen molar-refractivity contribution in [3.05, 3.63) is 143 Å². The van der Waals surface area contributed by atoms with Gasteiger partial charge in [-0.05, 0) is 40.8 Å². The van der Waals surface area contributed by atoms with Crippen molar-refractivity contribution < 1.29 is 9.59 Å². The minimum Gasteiger partial charge on any atom is -0.362 e. The van der Waals surface area contributed by atoms with Gasteiger partial charge in [0.25, 0.3) is 0 Å². The van der Waals surface area contributed by atoms with Crippen LogP contribution in [0.5, 0.6) is 0 Å². The van der Waals surface area contributed by atoms with E-state index in [0.29, 0.717) is 17.7 Å². The molecule has 0 N–H and O–H groups in total. The van der Waals surface area contributed by atoms with Gasteiger partial charge in [0.2, 0.25) is 0 Å².